The number of halogens is 1. The molecular formula is C26H28ClN5O3. The number of rotatable bonds is 8. The number of hydrogen-bond acceptors (Lipinski definition) is 7. The average Bonchev–Trinajstić information content (AvgIpc) is 2.86. The smallest absolute Gasteiger partial charge is 0.335 e. The highest BCUT2D eigenvalue weighted by Crippen LogP contribution is 2.35. The number of methoxy groups -OCH3 is 1. The lowest BCUT2D eigenvalue weighted by Crippen LogP contribution is -2.29. The number of nitrogens with one attached hydrogen (secondary N) is 2. The third-order valence-electron chi connectivity index (χ3n) is 6.17. The number of para-hydroxylation sites is 1. The number of aromatic nitrogens is 2. The minimum atomic E-state index is -1.11. The SMILES string of the molecule is C=C(C(=O)O)c1ccccc1Nc1nc(Nc2ccc(C3CCN(C)CC3)cc2OC)ncc1Cl. The third-order valence-corrected chi connectivity index (χ3v) is 6.45. The summed E-state index contributed by atoms with van der Waals surface area (Å²) < 4.78 is 5.65. The van der Waals surface area contributed by atoms with Crippen molar-refractivity contribution in [3.8, 4) is 5.75 Å². The van der Waals surface area contributed by atoms with Crippen LogP contribution in [-0.2, 0) is 4.79 Å². The molecule has 0 amide bonds. The van der Waals surface area contributed by atoms with Crippen molar-refractivity contribution in [3.05, 3.63) is 71.4 Å². The van der Waals surface area contributed by atoms with Gasteiger partial charge in [-0.2, -0.15) is 4.98 Å². The standard InChI is InChI=1S/C26H28ClN5O3/c1-16(25(33)34)19-6-4-5-7-21(19)29-24-20(27)15-28-26(31-24)30-22-9-8-18(14-23(22)35-3)17-10-12-32(2)13-11-17/h4-9,14-15,17H,1,10-13H2,2-3H3,(H,33,34)(H2,28,29,30,31). The fourth-order valence-electron chi connectivity index (χ4n) is 4.14. The molecule has 1 fully saturated rings. The summed E-state index contributed by atoms with van der Waals surface area (Å²) in [6.07, 6.45) is 3.72. The first-order chi connectivity index (χ1) is 16.9. The first-order valence-electron chi connectivity index (χ1n) is 11.3. The van der Waals surface area contributed by atoms with Crippen LogP contribution >= 0.6 is 11.6 Å². The maximum atomic E-state index is 11.4. The van der Waals surface area contributed by atoms with Gasteiger partial charge >= 0.3 is 5.97 Å². The first-order valence-corrected chi connectivity index (χ1v) is 11.7. The Labute approximate surface area is 209 Å². The predicted molar refractivity (Wildman–Crippen MR) is 139 cm³/mol. The predicted octanol–water partition coefficient (Wildman–Crippen LogP) is 5.53. The van der Waals surface area contributed by atoms with Gasteiger partial charge in [-0.15, -0.1) is 0 Å². The number of likely N-dealkylation sites (tertiary alicyclic amines) is 1. The molecular weight excluding hydrogens is 466 g/mol. The zero-order valence-corrected chi connectivity index (χ0v) is 20.5. The molecule has 0 saturated carbocycles. The molecule has 0 atom stereocenters. The van der Waals surface area contributed by atoms with Gasteiger partial charge in [-0.05, 0) is 62.7 Å². The van der Waals surface area contributed by atoms with Crippen molar-refractivity contribution in [2.45, 2.75) is 18.8 Å². The first kappa shape index (κ1) is 24.5. The summed E-state index contributed by atoms with van der Waals surface area (Å²) in [4.78, 5) is 22.6. The van der Waals surface area contributed by atoms with Gasteiger partial charge in [-0.25, -0.2) is 9.78 Å². The van der Waals surface area contributed by atoms with E-state index in [9.17, 15) is 9.90 Å². The largest absolute Gasteiger partial charge is 0.495 e. The Hall–Kier alpha value is -3.62. The summed E-state index contributed by atoms with van der Waals surface area (Å²) >= 11 is 6.34. The van der Waals surface area contributed by atoms with Crippen LogP contribution in [0.1, 0.15) is 29.9 Å². The monoisotopic (exact) mass is 493 g/mol. The molecule has 2 heterocycles. The zero-order chi connectivity index (χ0) is 24.9. The van der Waals surface area contributed by atoms with Gasteiger partial charge in [0, 0.05) is 11.3 Å². The van der Waals surface area contributed by atoms with E-state index in [1.54, 1.807) is 31.4 Å². The quantitative estimate of drug-likeness (QED) is 0.352. The van der Waals surface area contributed by atoms with Gasteiger partial charge in [0.15, 0.2) is 5.82 Å². The Kier molecular flexibility index (Phi) is 7.53. The molecule has 3 N–H and O–H groups in total. The summed E-state index contributed by atoms with van der Waals surface area (Å²) in [6.45, 7) is 5.83. The number of ether oxygens (including phenoxy) is 1. The number of carboxylic acid groups (broad SMARTS) is 1. The Morgan fingerprint density at radius 3 is 2.63 bits per heavy atom. The number of aliphatic carboxylic acids is 1. The van der Waals surface area contributed by atoms with Gasteiger partial charge in [0.1, 0.15) is 10.8 Å². The molecule has 8 nitrogen and oxygen atoms in total. The molecule has 3 aromatic rings. The molecule has 1 aromatic heterocycles. The van der Waals surface area contributed by atoms with Crippen molar-refractivity contribution in [1.29, 1.82) is 0 Å². The Balaban J connectivity index is 1.56. The van der Waals surface area contributed by atoms with Crippen LogP contribution in [0.15, 0.2) is 55.2 Å². The molecule has 1 aliphatic heterocycles. The molecule has 35 heavy (non-hydrogen) atoms. The van der Waals surface area contributed by atoms with Crippen molar-refractivity contribution in [3.63, 3.8) is 0 Å². The summed E-state index contributed by atoms with van der Waals surface area (Å²) in [5.41, 5.74) is 2.92. The lowest BCUT2D eigenvalue weighted by atomic mass is 9.89. The number of nitrogens with zero attached hydrogens (tertiary/aromatic N) is 3. The Morgan fingerprint density at radius 2 is 1.91 bits per heavy atom. The Bertz CT molecular complexity index is 1240. The van der Waals surface area contributed by atoms with Crippen LogP contribution in [0.3, 0.4) is 0 Å². The van der Waals surface area contributed by atoms with E-state index in [0.29, 0.717) is 34.7 Å². The second-order valence-corrected chi connectivity index (χ2v) is 8.91. The van der Waals surface area contributed by atoms with Crippen LogP contribution in [0.5, 0.6) is 5.75 Å². The third kappa shape index (κ3) is 5.72. The lowest BCUT2D eigenvalue weighted by Gasteiger charge is -2.29. The fourth-order valence-corrected chi connectivity index (χ4v) is 4.28. The molecule has 0 radical (unpaired) electrons. The number of benzene rings is 2. The number of hydrogen-bond donors (Lipinski definition) is 3. The highest BCUT2D eigenvalue weighted by atomic mass is 35.5. The van der Waals surface area contributed by atoms with Crippen molar-refractivity contribution in [2.75, 3.05) is 37.9 Å². The van der Waals surface area contributed by atoms with E-state index in [-0.39, 0.29) is 10.6 Å². The lowest BCUT2D eigenvalue weighted by molar-refractivity contribution is -0.130. The number of carboxylic acids is 1. The highest BCUT2D eigenvalue weighted by Gasteiger charge is 2.20. The fraction of sp³-hybridized carbons (Fsp3) is 0.269. The van der Waals surface area contributed by atoms with Gasteiger partial charge < -0.3 is 25.4 Å². The normalized spacial score (nSPS) is 14.4. The molecule has 1 saturated heterocycles. The van der Waals surface area contributed by atoms with Crippen LogP contribution < -0.4 is 15.4 Å². The number of carbonyl (C=O) groups is 1. The van der Waals surface area contributed by atoms with Crippen LogP contribution in [0.25, 0.3) is 5.57 Å². The van der Waals surface area contributed by atoms with Gasteiger partial charge in [-0.1, -0.05) is 42.4 Å². The van der Waals surface area contributed by atoms with E-state index < -0.39 is 5.97 Å². The van der Waals surface area contributed by atoms with Gasteiger partial charge in [0.05, 0.1) is 24.6 Å². The van der Waals surface area contributed by atoms with Gasteiger partial charge in [-0.3, -0.25) is 0 Å². The molecule has 0 unspecified atom stereocenters. The van der Waals surface area contributed by atoms with Gasteiger partial charge in [0.25, 0.3) is 0 Å². The number of anilines is 4. The van der Waals surface area contributed by atoms with E-state index in [2.05, 4.69) is 51.3 Å². The molecule has 2 aromatic carbocycles. The maximum Gasteiger partial charge on any atom is 0.335 e. The van der Waals surface area contributed by atoms with E-state index >= 15 is 0 Å². The van der Waals surface area contributed by atoms with E-state index in [4.69, 9.17) is 16.3 Å². The van der Waals surface area contributed by atoms with E-state index in [1.807, 2.05) is 6.07 Å². The number of piperidine rings is 1. The topological polar surface area (TPSA) is 99.6 Å². The Morgan fingerprint density at radius 1 is 1.17 bits per heavy atom. The maximum absolute atomic E-state index is 11.4. The molecule has 0 aliphatic carbocycles. The summed E-state index contributed by atoms with van der Waals surface area (Å²) in [5.74, 6) is 0.759. The molecule has 0 bridgehead atoms. The zero-order valence-electron chi connectivity index (χ0n) is 19.7. The molecule has 182 valence electrons. The summed E-state index contributed by atoms with van der Waals surface area (Å²) in [7, 11) is 3.79. The molecule has 9 heteroatoms. The van der Waals surface area contributed by atoms with Crippen molar-refractivity contribution in [1.82, 2.24) is 14.9 Å². The van der Waals surface area contributed by atoms with Crippen molar-refractivity contribution >= 4 is 46.3 Å². The molecule has 4 rings (SSSR count). The van der Waals surface area contributed by atoms with Crippen LogP contribution in [0.2, 0.25) is 5.02 Å². The second kappa shape index (κ2) is 10.8. The minimum Gasteiger partial charge on any atom is -0.495 e. The van der Waals surface area contributed by atoms with E-state index in [1.165, 1.54) is 11.8 Å². The van der Waals surface area contributed by atoms with Gasteiger partial charge in [0.2, 0.25) is 5.95 Å². The summed E-state index contributed by atoms with van der Waals surface area (Å²) in [5, 5.41) is 15.9. The van der Waals surface area contributed by atoms with Crippen molar-refractivity contribution < 1.29 is 14.6 Å². The molecule has 0 spiro atoms. The second-order valence-electron chi connectivity index (χ2n) is 8.51. The minimum absolute atomic E-state index is 0.0361. The summed E-state index contributed by atoms with van der Waals surface area (Å²) in [6, 6.07) is 13.1. The molecule has 1 aliphatic rings. The van der Waals surface area contributed by atoms with Crippen LogP contribution in [0.4, 0.5) is 23.1 Å². The average molecular weight is 494 g/mol. The van der Waals surface area contributed by atoms with E-state index in [0.717, 1.165) is 31.6 Å². The van der Waals surface area contributed by atoms with Crippen LogP contribution in [-0.4, -0.2) is 53.2 Å². The highest BCUT2D eigenvalue weighted by molar-refractivity contribution is 6.33. The van der Waals surface area contributed by atoms with Crippen LogP contribution in [0, 0.1) is 0 Å². The van der Waals surface area contributed by atoms with Crippen molar-refractivity contribution in [2.24, 2.45) is 0 Å².